The fraction of sp³-hybridized carbons (Fsp3) is 0.333. The molecule has 2 aliphatic rings. The van der Waals surface area contributed by atoms with Crippen molar-refractivity contribution in [1.82, 2.24) is 3.97 Å². The van der Waals surface area contributed by atoms with Gasteiger partial charge in [0.1, 0.15) is 4.75 Å². The molecule has 22 heavy (non-hydrogen) atoms. The summed E-state index contributed by atoms with van der Waals surface area (Å²) in [6, 6.07) is 7.96. The van der Waals surface area contributed by atoms with Crippen molar-refractivity contribution < 1.29 is 8.42 Å². The van der Waals surface area contributed by atoms with Crippen molar-refractivity contribution in [3.05, 3.63) is 60.3 Å². The summed E-state index contributed by atoms with van der Waals surface area (Å²) in [5.41, 5.74) is 2.09. The van der Waals surface area contributed by atoms with Gasteiger partial charge >= 0.3 is 0 Å². The van der Waals surface area contributed by atoms with Crippen molar-refractivity contribution in [3.63, 3.8) is 0 Å². The van der Waals surface area contributed by atoms with Crippen LogP contribution in [-0.2, 0) is 10.0 Å². The monoisotopic (exact) mass is 313 g/mol. The van der Waals surface area contributed by atoms with E-state index in [-0.39, 0.29) is 0 Å². The Labute approximate surface area is 131 Å². The van der Waals surface area contributed by atoms with E-state index in [2.05, 4.69) is 6.07 Å². The smallest absolute Gasteiger partial charge is 0.244 e. The maximum absolute atomic E-state index is 13.2. The van der Waals surface area contributed by atoms with Crippen LogP contribution in [0.25, 0.3) is 10.9 Å². The minimum Gasteiger partial charge on any atom is -0.244 e. The van der Waals surface area contributed by atoms with E-state index in [1.807, 2.05) is 36.4 Å². The molecule has 0 aliphatic heterocycles. The van der Waals surface area contributed by atoms with E-state index in [1.54, 1.807) is 19.2 Å². The molecule has 114 valence electrons. The molecule has 2 aromatic rings. The van der Waals surface area contributed by atoms with E-state index in [0.29, 0.717) is 12.3 Å². The van der Waals surface area contributed by atoms with Crippen LogP contribution in [0.5, 0.6) is 0 Å². The maximum atomic E-state index is 13.2. The molecule has 1 aromatic carbocycles. The second kappa shape index (κ2) is 4.59. The van der Waals surface area contributed by atoms with Crippen LogP contribution in [0.3, 0.4) is 0 Å². The quantitative estimate of drug-likeness (QED) is 0.860. The number of aromatic nitrogens is 1. The van der Waals surface area contributed by atoms with Crippen molar-refractivity contribution in [2.45, 2.75) is 36.9 Å². The van der Waals surface area contributed by atoms with Gasteiger partial charge < -0.3 is 0 Å². The van der Waals surface area contributed by atoms with Gasteiger partial charge in [0, 0.05) is 11.6 Å². The molecule has 1 heterocycles. The fourth-order valence-electron chi connectivity index (χ4n) is 3.25. The summed E-state index contributed by atoms with van der Waals surface area (Å²) in [7, 11) is -3.49. The molecular formula is C18H19NO2S. The molecule has 0 spiro atoms. The van der Waals surface area contributed by atoms with Crippen LogP contribution >= 0.6 is 0 Å². The van der Waals surface area contributed by atoms with Gasteiger partial charge in [0.15, 0.2) is 0 Å². The first-order chi connectivity index (χ1) is 10.5. The number of nitrogens with zero attached hydrogens (tertiary/aromatic N) is 1. The van der Waals surface area contributed by atoms with Gasteiger partial charge in [-0.1, -0.05) is 36.4 Å². The van der Waals surface area contributed by atoms with Gasteiger partial charge in [-0.2, -0.15) is 0 Å². The summed E-state index contributed by atoms with van der Waals surface area (Å²) >= 11 is 0. The highest BCUT2D eigenvalue weighted by Gasteiger charge is 2.38. The van der Waals surface area contributed by atoms with Crippen molar-refractivity contribution in [2.24, 2.45) is 0 Å². The Balaban J connectivity index is 1.89. The first kappa shape index (κ1) is 13.8. The Morgan fingerprint density at radius 3 is 2.68 bits per heavy atom. The number of allylic oxidation sites excluding steroid dienone is 3. The molecule has 1 saturated carbocycles. The van der Waals surface area contributed by atoms with Crippen LogP contribution in [0.15, 0.2) is 54.8 Å². The second-order valence-corrected chi connectivity index (χ2v) is 8.75. The molecule has 0 bridgehead atoms. The number of rotatable bonds is 3. The Hall–Kier alpha value is -1.81. The predicted molar refractivity (Wildman–Crippen MR) is 89.5 cm³/mol. The lowest BCUT2D eigenvalue weighted by atomic mass is 10.0. The number of hydrogen-bond acceptors (Lipinski definition) is 2. The first-order valence-electron chi connectivity index (χ1n) is 7.72. The summed E-state index contributed by atoms with van der Waals surface area (Å²) < 4.78 is 26.9. The van der Waals surface area contributed by atoms with Gasteiger partial charge in [-0.3, -0.25) is 0 Å². The van der Waals surface area contributed by atoms with Gasteiger partial charge in [-0.15, -0.1) is 0 Å². The number of hydrogen-bond donors (Lipinski definition) is 0. The average Bonchev–Trinajstić information content (AvgIpc) is 3.25. The summed E-state index contributed by atoms with van der Waals surface area (Å²) in [5.74, 6) is 0.607. The van der Waals surface area contributed by atoms with Crippen LogP contribution < -0.4 is 0 Å². The highest BCUT2D eigenvalue weighted by Crippen LogP contribution is 2.43. The van der Waals surface area contributed by atoms with E-state index in [9.17, 15) is 8.42 Å². The maximum Gasteiger partial charge on any atom is 0.248 e. The summed E-state index contributed by atoms with van der Waals surface area (Å²) in [4.78, 5) is 0. The minimum atomic E-state index is -3.49. The molecule has 1 atom stereocenters. The predicted octanol–water partition coefficient (Wildman–Crippen LogP) is 3.97. The van der Waals surface area contributed by atoms with E-state index >= 15 is 0 Å². The Morgan fingerprint density at radius 2 is 2.00 bits per heavy atom. The van der Waals surface area contributed by atoms with Gasteiger partial charge in [0.2, 0.25) is 10.0 Å². The zero-order valence-electron chi connectivity index (χ0n) is 12.6. The summed E-state index contributed by atoms with van der Waals surface area (Å²) in [6.45, 7) is 1.79. The molecule has 0 radical (unpaired) electrons. The van der Waals surface area contributed by atoms with Crippen molar-refractivity contribution in [2.75, 3.05) is 0 Å². The largest absolute Gasteiger partial charge is 0.248 e. The average molecular weight is 313 g/mol. The van der Waals surface area contributed by atoms with Crippen LogP contribution in [-0.4, -0.2) is 17.1 Å². The lowest BCUT2D eigenvalue weighted by Gasteiger charge is -2.27. The van der Waals surface area contributed by atoms with Gasteiger partial charge in [0.25, 0.3) is 0 Å². The summed E-state index contributed by atoms with van der Waals surface area (Å²) in [5, 5.41) is 1.08. The van der Waals surface area contributed by atoms with Crippen LogP contribution in [0.4, 0.5) is 0 Å². The lowest BCUT2D eigenvalue weighted by Crippen LogP contribution is -2.37. The SMILES string of the molecule is CC1(S(=O)(=O)n2ccc3c(C4CC4)cccc32)C=CC=CC1. The zero-order valence-corrected chi connectivity index (χ0v) is 13.4. The Bertz CT molecular complexity index is 900. The highest BCUT2D eigenvalue weighted by atomic mass is 32.2. The molecule has 1 fully saturated rings. The molecule has 0 N–H and O–H groups in total. The Morgan fingerprint density at radius 1 is 1.18 bits per heavy atom. The standard InChI is InChI=1S/C18H19NO2S/c1-18(11-3-2-4-12-18)22(20,21)19-13-10-16-15(14-8-9-14)6-5-7-17(16)19/h2-7,10-11,13-14H,8-9,12H2,1H3. The van der Waals surface area contributed by atoms with E-state index in [4.69, 9.17) is 0 Å². The van der Waals surface area contributed by atoms with Crippen LogP contribution in [0.1, 0.15) is 37.7 Å². The van der Waals surface area contributed by atoms with Crippen molar-refractivity contribution in [1.29, 1.82) is 0 Å². The van der Waals surface area contributed by atoms with Crippen LogP contribution in [0, 0.1) is 0 Å². The molecular weight excluding hydrogens is 294 g/mol. The third-order valence-corrected chi connectivity index (χ3v) is 7.13. The summed E-state index contributed by atoms with van der Waals surface area (Å²) in [6.07, 6.45) is 12.1. The first-order valence-corrected chi connectivity index (χ1v) is 9.16. The van der Waals surface area contributed by atoms with E-state index in [0.717, 1.165) is 10.9 Å². The molecule has 1 aromatic heterocycles. The zero-order chi connectivity index (χ0) is 15.4. The third-order valence-electron chi connectivity index (χ3n) is 4.82. The highest BCUT2D eigenvalue weighted by molar-refractivity contribution is 7.91. The van der Waals surface area contributed by atoms with E-state index < -0.39 is 14.8 Å². The topological polar surface area (TPSA) is 39.1 Å². The molecule has 2 aliphatic carbocycles. The second-order valence-electron chi connectivity index (χ2n) is 6.47. The molecule has 1 unspecified atom stereocenters. The van der Waals surface area contributed by atoms with Crippen LogP contribution in [0.2, 0.25) is 0 Å². The molecule has 0 saturated heterocycles. The number of fused-ring (bicyclic) bond motifs is 1. The molecule has 0 amide bonds. The molecule has 4 rings (SSSR count). The van der Waals surface area contributed by atoms with E-state index in [1.165, 1.54) is 22.4 Å². The number of benzene rings is 1. The van der Waals surface area contributed by atoms with Gasteiger partial charge in [-0.25, -0.2) is 12.4 Å². The fourth-order valence-corrected chi connectivity index (χ4v) is 4.90. The third kappa shape index (κ3) is 1.90. The van der Waals surface area contributed by atoms with Gasteiger partial charge in [-0.05, 0) is 49.8 Å². The van der Waals surface area contributed by atoms with Crippen molar-refractivity contribution in [3.8, 4) is 0 Å². The van der Waals surface area contributed by atoms with Gasteiger partial charge in [0.05, 0.1) is 5.52 Å². The minimum absolute atomic E-state index is 0.508. The normalized spacial score (nSPS) is 25.0. The molecule has 4 heteroatoms. The van der Waals surface area contributed by atoms with Crippen molar-refractivity contribution >= 4 is 20.9 Å². The Kier molecular flexibility index (Phi) is 2.89. The molecule has 3 nitrogen and oxygen atoms in total. The lowest BCUT2D eigenvalue weighted by molar-refractivity contribution is 0.555.